The summed E-state index contributed by atoms with van der Waals surface area (Å²) < 4.78 is 13.7. The van der Waals surface area contributed by atoms with Gasteiger partial charge in [0.05, 0.1) is 22.5 Å². The predicted octanol–water partition coefficient (Wildman–Crippen LogP) is 2.12. The van der Waals surface area contributed by atoms with Gasteiger partial charge in [0, 0.05) is 19.2 Å². The maximum Gasteiger partial charge on any atom is 0.253 e. The molecule has 1 amide bonds. The summed E-state index contributed by atoms with van der Waals surface area (Å²) in [7, 11) is 0. The van der Waals surface area contributed by atoms with Crippen molar-refractivity contribution >= 4 is 16.9 Å². The summed E-state index contributed by atoms with van der Waals surface area (Å²) in [6.45, 7) is 7.77. The van der Waals surface area contributed by atoms with Crippen LogP contribution in [-0.2, 0) is 0 Å². The smallest absolute Gasteiger partial charge is 0.253 e. The van der Waals surface area contributed by atoms with E-state index in [1.165, 1.54) is 12.1 Å². The number of nitrogens with one attached hydrogen (secondary N) is 2. The summed E-state index contributed by atoms with van der Waals surface area (Å²) in [5.74, 6) is -0.820. The molecule has 0 saturated carbocycles. The molecule has 6 heteroatoms. The van der Waals surface area contributed by atoms with Crippen LogP contribution in [0.4, 0.5) is 4.39 Å². The maximum absolute atomic E-state index is 13.7. The summed E-state index contributed by atoms with van der Waals surface area (Å²) in [5, 5.41) is 5.97. The first-order valence-corrected chi connectivity index (χ1v) is 7.46. The number of carbonyl (C=O) groups is 1. The van der Waals surface area contributed by atoms with Crippen molar-refractivity contribution in [2.24, 2.45) is 0 Å². The molecule has 0 bridgehead atoms. The highest BCUT2D eigenvalue weighted by molar-refractivity contribution is 6.04. The second kappa shape index (κ2) is 7.26. The number of benzene rings is 1. The van der Waals surface area contributed by atoms with Crippen LogP contribution < -0.4 is 10.6 Å². The zero-order valence-corrected chi connectivity index (χ0v) is 13.2. The van der Waals surface area contributed by atoms with Crippen molar-refractivity contribution in [3.63, 3.8) is 0 Å². The third-order valence-electron chi connectivity index (χ3n) is 3.40. The van der Waals surface area contributed by atoms with E-state index in [2.05, 4.69) is 27.5 Å². The molecule has 118 valence electrons. The van der Waals surface area contributed by atoms with Crippen molar-refractivity contribution in [2.45, 2.75) is 27.2 Å². The van der Waals surface area contributed by atoms with Gasteiger partial charge >= 0.3 is 0 Å². The molecular formula is C16H21FN4O. The van der Waals surface area contributed by atoms with Crippen LogP contribution in [0.25, 0.3) is 11.0 Å². The lowest BCUT2D eigenvalue weighted by Crippen LogP contribution is -2.32. The highest BCUT2D eigenvalue weighted by Crippen LogP contribution is 2.19. The number of aryl methyl sites for hydroxylation is 2. The van der Waals surface area contributed by atoms with Crippen molar-refractivity contribution in [3.8, 4) is 0 Å². The number of carbonyl (C=O) groups excluding carboxylic acids is 1. The highest BCUT2D eigenvalue weighted by Gasteiger charge is 2.15. The Labute approximate surface area is 129 Å². The Morgan fingerprint density at radius 2 is 1.86 bits per heavy atom. The fraction of sp³-hybridized carbons (Fsp3) is 0.438. The van der Waals surface area contributed by atoms with Gasteiger partial charge in [-0.15, -0.1) is 0 Å². The van der Waals surface area contributed by atoms with Crippen molar-refractivity contribution in [1.29, 1.82) is 0 Å². The van der Waals surface area contributed by atoms with Gasteiger partial charge in [-0.2, -0.15) is 0 Å². The Balaban J connectivity index is 2.22. The Bertz CT molecular complexity index is 687. The number of amides is 1. The number of rotatable bonds is 6. The Morgan fingerprint density at radius 3 is 2.59 bits per heavy atom. The van der Waals surface area contributed by atoms with Gasteiger partial charge in [-0.1, -0.05) is 6.92 Å². The van der Waals surface area contributed by atoms with E-state index in [0.29, 0.717) is 24.1 Å². The van der Waals surface area contributed by atoms with Gasteiger partial charge in [0.1, 0.15) is 11.3 Å². The number of aromatic nitrogens is 2. The van der Waals surface area contributed by atoms with E-state index in [1.54, 1.807) is 0 Å². The monoisotopic (exact) mass is 304 g/mol. The van der Waals surface area contributed by atoms with Crippen LogP contribution in [-0.4, -0.2) is 35.5 Å². The first-order valence-electron chi connectivity index (χ1n) is 7.46. The summed E-state index contributed by atoms with van der Waals surface area (Å²) in [5.41, 5.74) is 2.52. The summed E-state index contributed by atoms with van der Waals surface area (Å²) in [6.07, 6.45) is 1.04. The second-order valence-electron chi connectivity index (χ2n) is 5.22. The van der Waals surface area contributed by atoms with Crippen LogP contribution in [0.1, 0.15) is 35.1 Å². The molecule has 0 radical (unpaired) electrons. The zero-order chi connectivity index (χ0) is 16.1. The minimum Gasteiger partial charge on any atom is -0.351 e. The summed E-state index contributed by atoms with van der Waals surface area (Å²) >= 11 is 0. The lowest BCUT2D eigenvalue weighted by atomic mass is 10.1. The molecule has 1 aromatic heterocycles. The molecule has 0 aliphatic rings. The minimum atomic E-state index is -0.487. The van der Waals surface area contributed by atoms with E-state index < -0.39 is 5.82 Å². The van der Waals surface area contributed by atoms with Gasteiger partial charge in [0.2, 0.25) is 0 Å². The Hall–Kier alpha value is -2.08. The third-order valence-corrected chi connectivity index (χ3v) is 3.40. The molecule has 0 atom stereocenters. The van der Waals surface area contributed by atoms with E-state index in [0.717, 1.165) is 24.4 Å². The van der Waals surface area contributed by atoms with Crippen molar-refractivity contribution in [2.75, 3.05) is 19.6 Å². The normalized spacial score (nSPS) is 10.9. The van der Waals surface area contributed by atoms with Crippen LogP contribution in [0.2, 0.25) is 0 Å². The molecule has 2 rings (SSSR count). The standard InChI is InChI=1S/C16H21FN4O/c1-4-5-18-6-7-19-16(22)13-8-12(17)9-14-15(13)21-11(3)10(2)20-14/h8-9,18H,4-7H2,1-3H3,(H,19,22). The molecule has 0 saturated heterocycles. The van der Waals surface area contributed by atoms with Gasteiger partial charge < -0.3 is 10.6 Å². The fourth-order valence-corrected chi connectivity index (χ4v) is 2.13. The first-order chi connectivity index (χ1) is 10.5. The van der Waals surface area contributed by atoms with Crippen LogP contribution in [0.15, 0.2) is 12.1 Å². The third kappa shape index (κ3) is 3.76. The van der Waals surface area contributed by atoms with Crippen LogP contribution in [0.5, 0.6) is 0 Å². The average molecular weight is 304 g/mol. The number of nitrogens with zero attached hydrogens (tertiary/aromatic N) is 2. The molecule has 5 nitrogen and oxygen atoms in total. The molecule has 2 aromatic rings. The molecular weight excluding hydrogens is 283 g/mol. The molecule has 0 aliphatic heterocycles. The van der Waals surface area contributed by atoms with Crippen LogP contribution in [0, 0.1) is 19.7 Å². The first kappa shape index (κ1) is 16.3. The van der Waals surface area contributed by atoms with Gasteiger partial charge in [0.25, 0.3) is 5.91 Å². The summed E-state index contributed by atoms with van der Waals surface area (Å²) in [6, 6.07) is 2.51. The molecule has 22 heavy (non-hydrogen) atoms. The van der Waals surface area contributed by atoms with Crippen molar-refractivity contribution < 1.29 is 9.18 Å². The Morgan fingerprint density at radius 1 is 1.14 bits per heavy atom. The van der Waals surface area contributed by atoms with E-state index in [9.17, 15) is 9.18 Å². The Kier molecular flexibility index (Phi) is 5.38. The minimum absolute atomic E-state index is 0.223. The second-order valence-corrected chi connectivity index (χ2v) is 5.22. The molecule has 0 spiro atoms. The lowest BCUT2D eigenvalue weighted by molar-refractivity contribution is 0.0955. The molecule has 1 heterocycles. The number of hydrogen-bond donors (Lipinski definition) is 2. The average Bonchev–Trinajstić information content (AvgIpc) is 2.48. The predicted molar refractivity (Wildman–Crippen MR) is 84.5 cm³/mol. The van der Waals surface area contributed by atoms with Crippen molar-refractivity contribution in [3.05, 3.63) is 34.9 Å². The van der Waals surface area contributed by atoms with E-state index in [-0.39, 0.29) is 11.5 Å². The summed E-state index contributed by atoms with van der Waals surface area (Å²) in [4.78, 5) is 21.0. The lowest BCUT2D eigenvalue weighted by Gasteiger charge is -2.09. The van der Waals surface area contributed by atoms with E-state index in [4.69, 9.17) is 0 Å². The van der Waals surface area contributed by atoms with Gasteiger partial charge in [-0.25, -0.2) is 14.4 Å². The number of fused-ring (bicyclic) bond motifs is 1. The number of halogens is 1. The molecule has 0 aliphatic carbocycles. The zero-order valence-electron chi connectivity index (χ0n) is 13.2. The van der Waals surface area contributed by atoms with E-state index >= 15 is 0 Å². The van der Waals surface area contributed by atoms with Crippen molar-refractivity contribution in [1.82, 2.24) is 20.6 Å². The molecule has 0 unspecified atom stereocenters. The van der Waals surface area contributed by atoms with Crippen LogP contribution in [0.3, 0.4) is 0 Å². The highest BCUT2D eigenvalue weighted by atomic mass is 19.1. The van der Waals surface area contributed by atoms with Gasteiger partial charge in [0.15, 0.2) is 0 Å². The molecule has 2 N–H and O–H groups in total. The fourth-order valence-electron chi connectivity index (χ4n) is 2.13. The maximum atomic E-state index is 13.7. The molecule has 0 fully saturated rings. The largest absolute Gasteiger partial charge is 0.351 e. The van der Waals surface area contributed by atoms with Gasteiger partial charge in [-0.05, 0) is 32.9 Å². The molecule has 1 aromatic carbocycles. The van der Waals surface area contributed by atoms with Crippen LogP contribution >= 0.6 is 0 Å². The number of hydrogen-bond acceptors (Lipinski definition) is 4. The van der Waals surface area contributed by atoms with Gasteiger partial charge in [-0.3, -0.25) is 4.79 Å². The SMILES string of the molecule is CCCNCCNC(=O)c1cc(F)cc2nc(C)c(C)nc12. The topological polar surface area (TPSA) is 66.9 Å². The quantitative estimate of drug-likeness (QED) is 0.802. The van der Waals surface area contributed by atoms with E-state index in [1.807, 2.05) is 13.8 Å².